The van der Waals surface area contributed by atoms with E-state index in [0.29, 0.717) is 17.5 Å². The molecule has 0 atom stereocenters. The zero-order valence-corrected chi connectivity index (χ0v) is 8.16. The molecule has 0 aromatic heterocycles. The highest BCUT2D eigenvalue weighted by Gasteiger charge is 2.12. The predicted octanol–water partition coefficient (Wildman–Crippen LogP) is 1.52. The van der Waals surface area contributed by atoms with Crippen LogP contribution < -0.4 is 0 Å². The first-order chi connectivity index (χ1) is 6.70. The summed E-state index contributed by atoms with van der Waals surface area (Å²) in [6.07, 6.45) is 1.50. The van der Waals surface area contributed by atoms with E-state index in [1.54, 1.807) is 18.2 Å². The number of carbonyl (C=O) groups excluding carboxylic acids is 1. The molecule has 0 aliphatic rings. The number of aliphatic hydroxyl groups is 1. The van der Waals surface area contributed by atoms with Crippen LogP contribution in [0.25, 0.3) is 0 Å². The molecule has 0 aliphatic carbocycles. The molecule has 3 heteroatoms. The number of phenols is 1. The number of hydrogen-bond acceptors (Lipinski definition) is 3. The van der Waals surface area contributed by atoms with Gasteiger partial charge in [0.05, 0.1) is 0 Å². The third-order valence-electron chi connectivity index (χ3n) is 2.10. The predicted molar refractivity (Wildman–Crippen MR) is 53.5 cm³/mol. The van der Waals surface area contributed by atoms with Gasteiger partial charge in [-0.05, 0) is 12.5 Å². The smallest absolute Gasteiger partial charge is 0.188 e. The van der Waals surface area contributed by atoms with E-state index in [9.17, 15) is 9.90 Å². The number of ketones is 1. The second-order valence-electron chi connectivity index (χ2n) is 3.13. The van der Waals surface area contributed by atoms with Crippen LogP contribution in [0.4, 0.5) is 0 Å². The van der Waals surface area contributed by atoms with Crippen LogP contribution in [0.5, 0.6) is 5.75 Å². The van der Waals surface area contributed by atoms with Crippen molar-refractivity contribution in [1.82, 2.24) is 0 Å². The topological polar surface area (TPSA) is 57.5 Å². The average Bonchev–Trinajstić information content (AvgIpc) is 2.20. The molecule has 0 saturated carbocycles. The number of hydrogen-bond donors (Lipinski definition) is 2. The number of rotatable bonds is 4. The fourth-order valence-corrected chi connectivity index (χ4v) is 1.43. The highest BCUT2D eigenvalue weighted by molar-refractivity contribution is 5.98. The minimum atomic E-state index is -0.514. The molecule has 76 valence electrons. The van der Waals surface area contributed by atoms with Gasteiger partial charge in [-0.3, -0.25) is 4.79 Å². The van der Waals surface area contributed by atoms with Crippen LogP contribution >= 0.6 is 0 Å². The Labute approximate surface area is 83.0 Å². The minimum absolute atomic E-state index is 0.131. The van der Waals surface area contributed by atoms with Crippen LogP contribution in [0.3, 0.4) is 0 Å². The first-order valence-electron chi connectivity index (χ1n) is 4.65. The SMILES string of the molecule is CCCc1c(O)cccc1C(=O)CO. The molecule has 0 radical (unpaired) electrons. The van der Waals surface area contributed by atoms with Gasteiger partial charge in [0.1, 0.15) is 12.4 Å². The Hall–Kier alpha value is -1.35. The van der Waals surface area contributed by atoms with Gasteiger partial charge in [0.15, 0.2) is 5.78 Å². The molecule has 2 N–H and O–H groups in total. The van der Waals surface area contributed by atoms with Crippen LogP contribution in [-0.4, -0.2) is 22.6 Å². The number of benzene rings is 1. The third-order valence-corrected chi connectivity index (χ3v) is 2.10. The number of aromatic hydroxyl groups is 1. The van der Waals surface area contributed by atoms with Gasteiger partial charge in [0, 0.05) is 11.1 Å². The van der Waals surface area contributed by atoms with E-state index in [1.165, 1.54) is 0 Å². The second-order valence-corrected chi connectivity index (χ2v) is 3.13. The van der Waals surface area contributed by atoms with Gasteiger partial charge in [-0.25, -0.2) is 0 Å². The monoisotopic (exact) mass is 194 g/mol. The van der Waals surface area contributed by atoms with Gasteiger partial charge in [0.2, 0.25) is 0 Å². The second kappa shape index (κ2) is 4.77. The summed E-state index contributed by atoms with van der Waals surface area (Å²) in [7, 11) is 0. The van der Waals surface area contributed by atoms with Crippen molar-refractivity contribution in [3.05, 3.63) is 29.3 Å². The van der Waals surface area contributed by atoms with E-state index in [-0.39, 0.29) is 11.5 Å². The number of Topliss-reactive ketones (excluding diaryl/α,β-unsaturated/α-hetero) is 1. The zero-order valence-electron chi connectivity index (χ0n) is 8.16. The van der Waals surface area contributed by atoms with Crippen molar-refractivity contribution < 1.29 is 15.0 Å². The average molecular weight is 194 g/mol. The summed E-state index contributed by atoms with van der Waals surface area (Å²) in [4.78, 5) is 11.3. The number of aliphatic hydroxyl groups excluding tert-OH is 1. The van der Waals surface area contributed by atoms with Gasteiger partial charge in [-0.1, -0.05) is 25.5 Å². The molecule has 3 nitrogen and oxygen atoms in total. The molecular formula is C11H14O3. The van der Waals surface area contributed by atoms with Gasteiger partial charge in [-0.2, -0.15) is 0 Å². The quantitative estimate of drug-likeness (QED) is 0.714. The summed E-state index contributed by atoms with van der Waals surface area (Å²) in [5, 5.41) is 18.3. The molecule has 1 aromatic rings. The number of phenolic OH excluding ortho intramolecular Hbond substituents is 1. The maximum absolute atomic E-state index is 11.3. The summed E-state index contributed by atoms with van der Waals surface area (Å²) in [5.41, 5.74) is 1.06. The van der Waals surface area contributed by atoms with E-state index >= 15 is 0 Å². The lowest BCUT2D eigenvalue weighted by Crippen LogP contribution is -2.08. The summed E-state index contributed by atoms with van der Waals surface area (Å²) < 4.78 is 0. The molecule has 0 fully saturated rings. The maximum Gasteiger partial charge on any atom is 0.188 e. The lowest BCUT2D eigenvalue weighted by molar-refractivity contribution is 0.0902. The fourth-order valence-electron chi connectivity index (χ4n) is 1.43. The summed E-state index contributed by atoms with van der Waals surface area (Å²) in [6.45, 7) is 1.46. The van der Waals surface area contributed by atoms with Gasteiger partial charge >= 0.3 is 0 Å². The molecule has 14 heavy (non-hydrogen) atoms. The van der Waals surface area contributed by atoms with Crippen LogP contribution in [-0.2, 0) is 6.42 Å². The van der Waals surface area contributed by atoms with Gasteiger partial charge < -0.3 is 10.2 Å². The molecule has 0 spiro atoms. The Bertz CT molecular complexity index is 331. The summed E-state index contributed by atoms with van der Waals surface area (Å²) in [5.74, 6) is -0.212. The van der Waals surface area contributed by atoms with Crippen LogP contribution in [0.15, 0.2) is 18.2 Å². The summed E-state index contributed by atoms with van der Waals surface area (Å²) >= 11 is 0. The molecule has 0 heterocycles. The van der Waals surface area contributed by atoms with E-state index in [2.05, 4.69) is 0 Å². The lowest BCUT2D eigenvalue weighted by Gasteiger charge is -2.08. The molecule has 0 bridgehead atoms. The van der Waals surface area contributed by atoms with Crippen molar-refractivity contribution in [2.24, 2.45) is 0 Å². The Morgan fingerprint density at radius 3 is 2.71 bits per heavy atom. The minimum Gasteiger partial charge on any atom is -0.508 e. The van der Waals surface area contributed by atoms with Crippen molar-refractivity contribution in [2.45, 2.75) is 19.8 Å². The molecule has 0 unspecified atom stereocenters. The third kappa shape index (κ3) is 2.12. The van der Waals surface area contributed by atoms with Crippen molar-refractivity contribution >= 4 is 5.78 Å². The van der Waals surface area contributed by atoms with Gasteiger partial charge in [0.25, 0.3) is 0 Å². The fraction of sp³-hybridized carbons (Fsp3) is 0.364. The van der Waals surface area contributed by atoms with E-state index < -0.39 is 6.61 Å². The Balaban J connectivity index is 3.13. The first-order valence-corrected chi connectivity index (χ1v) is 4.65. The van der Waals surface area contributed by atoms with Crippen LogP contribution in [0, 0.1) is 0 Å². The Morgan fingerprint density at radius 1 is 1.43 bits per heavy atom. The van der Waals surface area contributed by atoms with Crippen molar-refractivity contribution in [2.75, 3.05) is 6.61 Å². The van der Waals surface area contributed by atoms with E-state index in [1.807, 2.05) is 6.92 Å². The molecule has 0 amide bonds. The number of carbonyl (C=O) groups is 1. The molecule has 1 aromatic carbocycles. The largest absolute Gasteiger partial charge is 0.508 e. The molecule has 0 saturated heterocycles. The Kier molecular flexibility index (Phi) is 3.65. The molecule has 1 rings (SSSR count). The normalized spacial score (nSPS) is 10.1. The lowest BCUT2D eigenvalue weighted by atomic mass is 9.99. The Morgan fingerprint density at radius 2 is 2.14 bits per heavy atom. The van der Waals surface area contributed by atoms with Crippen molar-refractivity contribution in [3.63, 3.8) is 0 Å². The first kappa shape index (κ1) is 10.7. The maximum atomic E-state index is 11.3. The van der Waals surface area contributed by atoms with Crippen LogP contribution in [0.2, 0.25) is 0 Å². The molecule has 0 aliphatic heterocycles. The standard InChI is InChI=1S/C11H14O3/c1-2-4-8-9(11(14)7-12)5-3-6-10(8)13/h3,5-6,12-13H,2,4,7H2,1H3. The van der Waals surface area contributed by atoms with Crippen LogP contribution in [0.1, 0.15) is 29.3 Å². The van der Waals surface area contributed by atoms with E-state index in [4.69, 9.17) is 5.11 Å². The van der Waals surface area contributed by atoms with Crippen molar-refractivity contribution in [3.8, 4) is 5.75 Å². The highest BCUT2D eigenvalue weighted by atomic mass is 16.3. The zero-order chi connectivity index (χ0) is 10.6. The van der Waals surface area contributed by atoms with E-state index in [0.717, 1.165) is 6.42 Å². The van der Waals surface area contributed by atoms with Gasteiger partial charge in [-0.15, -0.1) is 0 Å². The molecular weight excluding hydrogens is 180 g/mol. The highest BCUT2D eigenvalue weighted by Crippen LogP contribution is 2.22. The summed E-state index contributed by atoms with van der Waals surface area (Å²) in [6, 6.07) is 4.79. The van der Waals surface area contributed by atoms with Crippen molar-refractivity contribution in [1.29, 1.82) is 0 Å².